The van der Waals surface area contributed by atoms with Crippen LogP contribution in [0.4, 0.5) is 22.9 Å². The Hall–Kier alpha value is -4.97. The van der Waals surface area contributed by atoms with E-state index in [1.54, 1.807) is 36.5 Å². The minimum atomic E-state index is -0.284. The van der Waals surface area contributed by atoms with Crippen LogP contribution in [0.3, 0.4) is 0 Å². The molecule has 1 amide bonds. The molecule has 0 unspecified atom stereocenters. The zero-order chi connectivity index (χ0) is 27.9. The number of nitrogens with one attached hydrogen (secondary N) is 3. The number of carbonyl (C=O) groups is 1. The predicted octanol–water partition coefficient (Wildman–Crippen LogP) is 4.37. The molecular weight excluding hydrogens is 520 g/mol. The van der Waals surface area contributed by atoms with Crippen molar-refractivity contribution in [1.82, 2.24) is 34.5 Å². The van der Waals surface area contributed by atoms with Crippen molar-refractivity contribution in [2.75, 3.05) is 35.8 Å². The Bertz CT molecular complexity index is 1720. The molecule has 1 fully saturated rings. The van der Waals surface area contributed by atoms with Crippen LogP contribution in [0.1, 0.15) is 34.9 Å². The van der Waals surface area contributed by atoms with Crippen molar-refractivity contribution in [3.63, 3.8) is 0 Å². The van der Waals surface area contributed by atoms with Crippen molar-refractivity contribution < 1.29 is 9.53 Å². The summed E-state index contributed by atoms with van der Waals surface area (Å²) in [5.41, 5.74) is 7.49. The average Bonchev–Trinajstić information content (AvgIpc) is 3.75. The van der Waals surface area contributed by atoms with Crippen LogP contribution >= 0.6 is 0 Å². The molecule has 0 bridgehead atoms. The highest BCUT2D eigenvalue weighted by atomic mass is 16.5. The molecule has 1 aromatic carbocycles. The summed E-state index contributed by atoms with van der Waals surface area (Å²) in [5.74, 6) is 0.798. The second-order valence-corrected chi connectivity index (χ2v) is 10.4. The number of hydrogen-bond acceptors (Lipinski definition) is 8. The quantitative estimate of drug-likeness (QED) is 0.284. The van der Waals surface area contributed by atoms with Crippen LogP contribution in [0.2, 0.25) is 0 Å². The molecule has 208 valence electrons. The van der Waals surface area contributed by atoms with E-state index in [0.29, 0.717) is 23.2 Å². The number of anilines is 4. The highest BCUT2D eigenvalue weighted by Crippen LogP contribution is 2.45. The first-order valence-corrected chi connectivity index (χ1v) is 13.6. The topological polar surface area (TPSA) is 131 Å². The molecule has 4 aromatic heterocycles. The molecule has 6 heterocycles. The van der Waals surface area contributed by atoms with Crippen molar-refractivity contribution >= 4 is 28.8 Å². The van der Waals surface area contributed by atoms with Gasteiger partial charge in [0.25, 0.3) is 5.91 Å². The first kappa shape index (κ1) is 25.0. The number of aromatic amines is 1. The number of benzene rings is 1. The third-order valence-corrected chi connectivity index (χ3v) is 7.67. The molecular formula is C29H30N10O2. The lowest BCUT2D eigenvalue weighted by molar-refractivity contribution is 0.0654. The smallest absolute Gasteiger partial charge is 0.260 e. The minimum Gasteiger partial charge on any atom is -0.381 e. The van der Waals surface area contributed by atoms with Crippen molar-refractivity contribution in [2.24, 2.45) is 7.05 Å². The highest BCUT2D eigenvalue weighted by molar-refractivity contribution is 6.04. The summed E-state index contributed by atoms with van der Waals surface area (Å²) >= 11 is 0. The maximum atomic E-state index is 12.8. The number of nitrogens with zero attached hydrogens (tertiary/aromatic N) is 7. The minimum absolute atomic E-state index is 0.284. The van der Waals surface area contributed by atoms with Crippen LogP contribution in [-0.2, 0) is 18.3 Å². The molecule has 0 atom stereocenters. The molecule has 12 heteroatoms. The molecule has 12 nitrogen and oxygen atoms in total. The number of fused-ring (bicyclic) bond motifs is 3. The predicted molar refractivity (Wildman–Crippen MR) is 155 cm³/mol. The summed E-state index contributed by atoms with van der Waals surface area (Å²) in [6.07, 6.45) is 12.3. The van der Waals surface area contributed by atoms with E-state index in [1.165, 1.54) is 11.9 Å². The summed E-state index contributed by atoms with van der Waals surface area (Å²) in [5, 5.41) is 15.4. The van der Waals surface area contributed by atoms with Gasteiger partial charge in [0, 0.05) is 69.3 Å². The van der Waals surface area contributed by atoms with Crippen LogP contribution < -0.4 is 15.5 Å². The first-order valence-electron chi connectivity index (χ1n) is 13.6. The van der Waals surface area contributed by atoms with Crippen LogP contribution in [0.15, 0.2) is 61.4 Å². The third kappa shape index (κ3) is 4.61. The van der Waals surface area contributed by atoms with Gasteiger partial charge in [0.2, 0.25) is 0 Å². The van der Waals surface area contributed by atoms with E-state index in [4.69, 9.17) is 9.84 Å². The molecule has 0 aliphatic carbocycles. The molecule has 3 N–H and O–H groups in total. The van der Waals surface area contributed by atoms with Crippen LogP contribution in [0.25, 0.3) is 22.5 Å². The number of ether oxygens (including phenoxy) is 1. The number of H-pyrrole nitrogens is 1. The molecule has 2 aliphatic rings. The Labute approximate surface area is 236 Å². The summed E-state index contributed by atoms with van der Waals surface area (Å²) in [6.45, 7) is 2.29. The molecule has 7 rings (SSSR count). The fraction of sp³-hybridized carbons (Fsp3) is 0.276. The van der Waals surface area contributed by atoms with Gasteiger partial charge in [-0.1, -0.05) is 12.1 Å². The van der Waals surface area contributed by atoms with Crippen molar-refractivity contribution in [1.29, 1.82) is 0 Å². The van der Waals surface area contributed by atoms with Crippen molar-refractivity contribution in [3.05, 3.63) is 72.7 Å². The van der Waals surface area contributed by atoms with Gasteiger partial charge in [-0.15, -0.1) is 0 Å². The van der Waals surface area contributed by atoms with Crippen molar-refractivity contribution in [2.45, 2.75) is 25.4 Å². The van der Waals surface area contributed by atoms with Gasteiger partial charge >= 0.3 is 0 Å². The number of hydrogen-bond donors (Lipinski definition) is 3. The van der Waals surface area contributed by atoms with Gasteiger partial charge in [-0.25, -0.2) is 9.97 Å². The number of aromatic nitrogens is 7. The lowest BCUT2D eigenvalue weighted by Crippen LogP contribution is -2.28. The fourth-order valence-corrected chi connectivity index (χ4v) is 5.69. The Kier molecular flexibility index (Phi) is 6.23. The van der Waals surface area contributed by atoms with E-state index in [9.17, 15) is 4.79 Å². The number of pyridine rings is 1. The van der Waals surface area contributed by atoms with E-state index in [2.05, 4.69) is 65.5 Å². The Morgan fingerprint density at radius 3 is 2.68 bits per heavy atom. The molecule has 0 radical (unpaired) electrons. The summed E-state index contributed by atoms with van der Waals surface area (Å²) in [7, 11) is 3.87. The third-order valence-electron chi connectivity index (χ3n) is 7.67. The summed E-state index contributed by atoms with van der Waals surface area (Å²) in [4.78, 5) is 27.2. The molecule has 1 saturated heterocycles. The summed E-state index contributed by atoms with van der Waals surface area (Å²) in [6, 6.07) is 8.43. The second-order valence-electron chi connectivity index (χ2n) is 10.4. The highest BCUT2D eigenvalue weighted by Gasteiger charge is 2.29. The van der Waals surface area contributed by atoms with Gasteiger partial charge in [-0.05, 0) is 18.9 Å². The maximum absolute atomic E-state index is 12.8. The number of amides is 1. The SMILES string of the molecule is CN1Cc2c(cnn2C2CCOCC2)-c2cccc(Nc3cc(NC(=O)c4cnn(C)c4)ncc3-c3ncc[nH]3)c21. The van der Waals surface area contributed by atoms with Gasteiger partial charge in [-0.2, -0.15) is 10.2 Å². The second kappa shape index (κ2) is 10.2. The molecule has 2 aliphatic heterocycles. The van der Waals surface area contributed by atoms with Gasteiger partial charge in [-0.3, -0.25) is 14.2 Å². The number of rotatable bonds is 6. The normalized spacial score (nSPS) is 14.9. The molecule has 0 saturated carbocycles. The monoisotopic (exact) mass is 550 g/mol. The zero-order valence-electron chi connectivity index (χ0n) is 22.8. The van der Waals surface area contributed by atoms with Crippen molar-refractivity contribution in [3.8, 4) is 22.5 Å². The average molecular weight is 551 g/mol. The number of carbonyl (C=O) groups excluding carboxylic acids is 1. The number of para-hydroxylation sites is 1. The Balaban J connectivity index is 1.25. The maximum Gasteiger partial charge on any atom is 0.260 e. The number of imidazole rings is 1. The van der Waals surface area contributed by atoms with E-state index < -0.39 is 0 Å². The lowest BCUT2D eigenvalue weighted by Gasteiger charge is -2.32. The van der Waals surface area contributed by atoms with Crippen LogP contribution in [-0.4, -0.2) is 60.7 Å². The summed E-state index contributed by atoms with van der Waals surface area (Å²) < 4.78 is 9.37. The molecule has 41 heavy (non-hydrogen) atoms. The number of aryl methyl sites for hydroxylation is 1. The van der Waals surface area contributed by atoms with E-state index in [1.807, 2.05) is 12.3 Å². The first-order chi connectivity index (χ1) is 20.0. The molecule has 0 spiro atoms. The van der Waals surface area contributed by atoms with Gasteiger partial charge < -0.3 is 25.3 Å². The van der Waals surface area contributed by atoms with E-state index in [-0.39, 0.29) is 5.91 Å². The van der Waals surface area contributed by atoms with E-state index >= 15 is 0 Å². The van der Waals surface area contributed by atoms with Crippen LogP contribution in [0.5, 0.6) is 0 Å². The fourth-order valence-electron chi connectivity index (χ4n) is 5.69. The largest absolute Gasteiger partial charge is 0.381 e. The standard InChI is InChI=1S/C29H30N10O2/c1-37-17-25-21(15-34-39(25)19-6-10-41-11-7-19)20-4-3-5-23(27(20)37)35-24-12-26(32-14-22(24)28-30-8-9-31-28)36-29(40)18-13-33-38(2)16-18/h3-5,8-9,12-16,19H,6-7,10-11,17H2,1-2H3,(H,30,31)(H2,32,35,36,40). The molecule has 5 aromatic rings. The lowest BCUT2D eigenvalue weighted by atomic mass is 9.97. The van der Waals surface area contributed by atoms with Gasteiger partial charge in [0.15, 0.2) is 0 Å². The Morgan fingerprint density at radius 1 is 1.02 bits per heavy atom. The van der Waals surface area contributed by atoms with Crippen LogP contribution in [0, 0.1) is 0 Å². The van der Waals surface area contributed by atoms with Gasteiger partial charge in [0.05, 0.1) is 58.9 Å². The zero-order valence-corrected chi connectivity index (χ0v) is 22.8. The Morgan fingerprint density at radius 2 is 1.90 bits per heavy atom. The van der Waals surface area contributed by atoms with E-state index in [0.717, 1.165) is 66.4 Å². The van der Waals surface area contributed by atoms with Gasteiger partial charge in [0.1, 0.15) is 11.6 Å².